The lowest BCUT2D eigenvalue weighted by atomic mass is 9.90. The second-order valence-corrected chi connectivity index (χ2v) is 6.34. The summed E-state index contributed by atoms with van der Waals surface area (Å²) in [5.41, 5.74) is 3.55. The minimum Gasteiger partial charge on any atom is -0.497 e. The van der Waals surface area contributed by atoms with E-state index in [1.807, 2.05) is 42.7 Å². The summed E-state index contributed by atoms with van der Waals surface area (Å²) in [6, 6.07) is 13.3. The quantitative estimate of drug-likeness (QED) is 0.472. The van der Waals surface area contributed by atoms with Gasteiger partial charge in [0.1, 0.15) is 5.75 Å². The van der Waals surface area contributed by atoms with Crippen LogP contribution in [0.15, 0.2) is 52.5 Å². The van der Waals surface area contributed by atoms with Gasteiger partial charge < -0.3 is 9.57 Å². The third-order valence-corrected chi connectivity index (χ3v) is 4.85. The van der Waals surface area contributed by atoms with Crippen molar-refractivity contribution in [2.24, 2.45) is 5.16 Å². The summed E-state index contributed by atoms with van der Waals surface area (Å²) in [7, 11) is 1.64. The number of methoxy groups -OCH3 is 1. The summed E-state index contributed by atoms with van der Waals surface area (Å²) >= 11 is 1.51. The van der Waals surface area contributed by atoms with E-state index in [2.05, 4.69) is 5.16 Å². The molecular formula is C19H19NO3S. The Bertz CT molecular complexity index is 786. The first-order valence-corrected chi connectivity index (χ1v) is 9.04. The number of benzene rings is 2. The van der Waals surface area contributed by atoms with Gasteiger partial charge in [-0.15, -0.1) is 11.8 Å². The van der Waals surface area contributed by atoms with Gasteiger partial charge in [-0.25, -0.2) is 4.79 Å². The van der Waals surface area contributed by atoms with E-state index in [0.717, 1.165) is 41.2 Å². The van der Waals surface area contributed by atoms with Gasteiger partial charge in [0, 0.05) is 10.5 Å². The second kappa shape index (κ2) is 7.53. The van der Waals surface area contributed by atoms with Crippen LogP contribution in [0.5, 0.6) is 5.75 Å². The molecule has 0 radical (unpaired) electrons. The molecule has 0 atom stereocenters. The zero-order chi connectivity index (χ0) is 16.9. The second-order valence-electron chi connectivity index (χ2n) is 5.49. The highest BCUT2D eigenvalue weighted by molar-refractivity contribution is 7.98. The zero-order valence-electron chi connectivity index (χ0n) is 13.7. The first kappa shape index (κ1) is 16.6. The molecule has 5 heteroatoms. The van der Waals surface area contributed by atoms with Gasteiger partial charge in [-0.05, 0) is 55.3 Å². The number of carbonyl (C=O) groups excluding carboxylic acids is 1. The molecule has 0 aromatic heterocycles. The molecule has 0 bridgehead atoms. The van der Waals surface area contributed by atoms with E-state index in [9.17, 15) is 4.79 Å². The number of oxime groups is 1. The van der Waals surface area contributed by atoms with E-state index in [-0.39, 0.29) is 0 Å². The maximum atomic E-state index is 12.3. The van der Waals surface area contributed by atoms with Crippen molar-refractivity contribution < 1.29 is 14.4 Å². The average Bonchev–Trinajstić information content (AvgIpc) is 2.65. The molecule has 0 spiro atoms. The summed E-state index contributed by atoms with van der Waals surface area (Å²) in [5.74, 6) is 0.352. The molecule has 24 heavy (non-hydrogen) atoms. The molecule has 2 aromatic rings. The monoisotopic (exact) mass is 341 g/mol. The highest BCUT2D eigenvalue weighted by Crippen LogP contribution is 2.26. The van der Waals surface area contributed by atoms with Crippen LogP contribution >= 0.6 is 11.8 Å². The molecule has 0 heterocycles. The minimum atomic E-state index is -0.428. The van der Waals surface area contributed by atoms with Crippen LogP contribution in [0.3, 0.4) is 0 Å². The maximum absolute atomic E-state index is 12.3. The Labute approximate surface area is 145 Å². The van der Waals surface area contributed by atoms with Gasteiger partial charge in [0.2, 0.25) is 0 Å². The number of rotatable bonds is 4. The maximum Gasteiger partial charge on any atom is 0.366 e. The average molecular weight is 341 g/mol. The molecule has 0 N–H and O–H groups in total. The van der Waals surface area contributed by atoms with Crippen LogP contribution in [0.25, 0.3) is 0 Å². The Morgan fingerprint density at radius 2 is 2.00 bits per heavy atom. The fourth-order valence-corrected chi connectivity index (χ4v) is 3.39. The third kappa shape index (κ3) is 3.46. The summed E-state index contributed by atoms with van der Waals surface area (Å²) < 4.78 is 5.29. The van der Waals surface area contributed by atoms with Gasteiger partial charge in [0.05, 0.1) is 18.4 Å². The lowest BCUT2D eigenvalue weighted by Crippen LogP contribution is -2.14. The first-order chi connectivity index (χ1) is 11.7. The van der Waals surface area contributed by atoms with Crippen molar-refractivity contribution in [2.45, 2.75) is 24.2 Å². The largest absolute Gasteiger partial charge is 0.497 e. The molecule has 0 amide bonds. The zero-order valence-corrected chi connectivity index (χ0v) is 14.6. The number of hydrogen-bond acceptors (Lipinski definition) is 5. The van der Waals surface area contributed by atoms with Crippen molar-refractivity contribution in [3.63, 3.8) is 0 Å². The van der Waals surface area contributed by atoms with Crippen molar-refractivity contribution in [3.8, 4) is 5.75 Å². The predicted molar refractivity (Wildman–Crippen MR) is 96.1 cm³/mol. The highest BCUT2D eigenvalue weighted by Gasteiger charge is 2.18. The molecule has 124 valence electrons. The number of ether oxygens (including phenoxy) is 1. The van der Waals surface area contributed by atoms with Crippen LogP contribution in [0.4, 0.5) is 0 Å². The number of hydrogen-bond donors (Lipinski definition) is 0. The number of thioether (sulfide) groups is 1. The summed E-state index contributed by atoms with van der Waals surface area (Å²) in [6.45, 7) is 0. The van der Waals surface area contributed by atoms with E-state index < -0.39 is 5.97 Å². The van der Waals surface area contributed by atoms with Crippen molar-refractivity contribution in [2.75, 3.05) is 13.4 Å². The molecule has 0 unspecified atom stereocenters. The Hall–Kier alpha value is -2.27. The van der Waals surface area contributed by atoms with Crippen molar-refractivity contribution >= 4 is 23.4 Å². The van der Waals surface area contributed by atoms with Gasteiger partial charge in [-0.3, -0.25) is 0 Å². The Morgan fingerprint density at radius 3 is 2.79 bits per heavy atom. The molecule has 4 nitrogen and oxygen atoms in total. The van der Waals surface area contributed by atoms with Gasteiger partial charge >= 0.3 is 5.97 Å². The van der Waals surface area contributed by atoms with Crippen LogP contribution < -0.4 is 4.74 Å². The molecule has 1 aliphatic rings. The molecule has 0 aliphatic heterocycles. The molecule has 0 fully saturated rings. The van der Waals surface area contributed by atoms with Crippen LogP contribution in [-0.4, -0.2) is 25.0 Å². The van der Waals surface area contributed by atoms with Gasteiger partial charge in [0.15, 0.2) is 0 Å². The lowest BCUT2D eigenvalue weighted by Gasteiger charge is -2.18. The number of carbonyl (C=O) groups is 1. The Morgan fingerprint density at radius 1 is 1.17 bits per heavy atom. The van der Waals surface area contributed by atoms with E-state index in [4.69, 9.17) is 9.57 Å². The number of fused-ring (bicyclic) bond motifs is 1. The topological polar surface area (TPSA) is 47.9 Å². The molecule has 1 aliphatic carbocycles. The van der Waals surface area contributed by atoms with E-state index >= 15 is 0 Å². The fourth-order valence-electron chi connectivity index (χ4n) is 2.80. The van der Waals surface area contributed by atoms with Crippen molar-refractivity contribution in [1.82, 2.24) is 0 Å². The van der Waals surface area contributed by atoms with Crippen molar-refractivity contribution in [1.29, 1.82) is 0 Å². The first-order valence-electron chi connectivity index (χ1n) is 7.81. The van der Waals surface area contributed by atoms with Crippen molar-refractivity contribution in [3.05, 3.63) is 59.2 Å². The number of nitrogens with zero attached hydrogens (tertiary/aromatic N) is 1. The SMILES string of the molecule is COc1ccc2c(c1)/C(=N\OC(=O)c1ccccc1SC)CCC2. The fraction of sp³-hybridized carbons (Fsp3) is 0.263. The lowest BCUT2D eigenvalue weighted by molar-refractivity contribution is 0.0511. The highest BCUT2D eigenvalue weighted by atomic mass is 32.2. The van der Waals surface area contributed by atoms with Crippen LogP contribution in [0.1, 0.15) is 34.3 Å². The van der Waals surface area contributed by atoms with Crippen LogP contribution in [-0.2, 0) is 11.3 Å². The molecule has 2 aromatic carbocycles. The number of aryl methyl sites for hydroxylation is 1. The van der Waals surface area contributed by atoms with E-state index in [1.54, 1.807) is 13.2 Å². The van der Waals surface area contributed by atoms with Crippen LogP contribution in [0.2, 0.25) is 0 Å². The standard InChI is InChI=1S/C19H19NO3S/c1-22-14-11-10-13-6-5-8-17(16(13)12-14)20-23-19(21)15-7-3-4-9-18(15)24-2/h3-4,7,9-12H,5-6,8H2,1-2H3/b20-17-. The van der Waals surface area contributed by atoms with Crippen LogP contribution in [0, 0.1) is 0 Å². The van der Waals surface area contributed by atoms with Gasteiger partial charge in [-0.1, -0.05) is 23.4 Å². The molecular weight excluding hydrogens is 322 g/mol. The molecule has 3 rings (SSSR count). The van der Waals surface area contributed by atoms with Gasteiger partial charge in [-0.2, -0.15) is 0 Å². The summed E-state index contributed by atoms with van der Waals surface area (Å²) in [6.07, 6.45) is 4.72. The predicted octanol–water partition coefficient (Wildman–Crippen LogP) is 4.31. The smallest absolute Gasteiger partial charge is 0.366 e. The Kier molecular flexibility index (Phi) is 5.20. The minimum absolute atomic E-state index is 0.428. The third-order valence-electron chi connectivity index (χ3n) is 4.05. The Balaban J connectivity index is 1.84. The molecule has 0 saturated heterocycles. The normalized spacial score (nSPS) is 15.0. The van der Waals surface area contributed by atoms with E-state index in [1.165, 1.54) is 17.3 Å². The summed E-state index contributed by atoms with van der Waals surface area (Å²) in [5, 5.41) is 4.15. The van der Waals surface area contributed by atoms with Gasteiger partial charge in [0.25, 0.3) is 0 Å². The summed E-state index contributed by atoms with van der Waals surface area (Å²) in [4.78, 5) is 18.5. The van der Waals surface area contributed by atoms with E-state index in [0.29, 0.717) is 5.56 Å². The molecule has 0 saturated carbocycles.